The van der Waals surface area contributed by atoms with E-state index in [9.17, 15) is 26.4 Å². The minimum absolute atomic E-state index is 0.0284. The molecule has 1 saturated heterocycles. The highest BCUT2D eigenvalue weighted by Crippen LogP contribution is 2.71. The normalized spacial score (nSPS) is 36.2. The van der Waals surface area contributed by atoms with Crippen molar-refractivity contribution in [3.63, 3.8) is 0 Å². The van der Waals surface area contributed by atoms with Crippen LogP contribution in [-0.4, -0.2) is 56.5 Å². The first-order valence-electron chi connectivity index (χ1n) is 14.8. The third kappa shape index (κ3) is 5.30. The van der Waals surface area contributed by atoms with Crippen LogP contribution in [0.15, 0.2) is 28.7 Å². The number of likely N-dealkylation sites (tertiary alicyclic amines) is 1. The van der Waals surface area contributed by atoms with Crippen molar-refractivity contribution in [2.45, 2.75) is 94.6 Å². The second-order valence-electron chi connectivity index (χ2n) is 14.0. The van der Waals surface area contributed by atoms with Gasteiger partial charge in [0.25, 0.3) is 10.0 Å². The molecule has 1 aromatic rings. The number of nitrogens with zero attached hydrogens (tertiary/aromatic N) is 2. The Kier molecular flexibility index (Phi) is 6.84. The monoisotopic (exact) mass is 595 g/mol. The average Bonchev–Trinajstić information content (AvgIpc) is 3.22. The van der Waals surface area contributed by atoms with Gasteiger partial charge in [-0.2, -0.15) is 13.2 Å². The Hall–Kier alpha value is -2.14. The number of ether oxygens (including phenoxy) is 1. The van der Waals surface area contributed by atoms with Crippen LogP contribution in [0, 0.1) is 22.7 Å². The number of hydrogen-bond acceptors (Lipinski definition) is 5. The number of hydrogen-bond donors (Lipinski definition) is 1. The predicted octanol–water partition coefficient (Wildman–Crippen LogP) is 5.47. The second kappa shape index (κ2) is 9.69. The molecule has 6 aliphatic rings. The van der Waals surface area contributed by atoms with Gasteiger partial charge in [-0.15, -0.1) is 4.40 Å². The number of rotatable bonds is 7. The molecule has 5 atom stereocenters. The van der Waals surface area contributed by atoms with E-state index in [2.05, 4.69) is 4.40 Å². The first-order valence-corrected chi connectivity index (χ1v) is 16.3. The number of carbonyl (C=O) groups is 1. The average molecular weight is 596 g/mol. The zero-order valence-electron chi connectivity index (χ0n) is 23.8. The van der Waals surface area contributed by atoms with Crippen molar-refractivity contribution in [2.24, 2.45) is 32.8 Å². The quantitative estimate of drug-likeness (QED) is 0.451. The molecule has 41 heavy (non-hydrogen) atoms. The van der Waals surface area contributed by atoms with Crippen LogP contribution in [0.3, 0.4) is 0 Å². The fourth-order valence-electron chi connectivity index (χ4n) is 9.23. The lowest BCUT2D eigenvalue weighted by Gasteiger charge is -2.41. The fourth-order valence-corrected chi connectivity index (χ4v) is 11.0. The fraction of sp³-hybridized carbons (Fsp3) is 0.733. The summed E-state index contributed by atoms with van der Waals surface area (Å²) in [6, 6.07) is 7.52. The van der Waals surface area contributed by atoms with Gasteiger partial charge < -0.3 is 15.4 Å². The molecule has 0 aromatic heterocycles. The molecule has 0 spiro atoms. The molecular formula is C30H40F3N3O4S. The number of sulfonamides is 1. The minimum atomic E-state index is -4.14. The summed E-state index contributed by atoms with van der Waals surface area (Å²) in [5.74, 6) is 1.02. The third-order valence-corrected chi connectivity index (χ3v) is 12.7. The Bertz CT molecular complexity index is 1340. The molecule has 4 bridgehead atoms. The Morgan fingerprint density at radius 3 is 2.37 bits per heavy atom. The van der Waals surface area contributed by atoms with Gasteiger partial charge in [-0.25, -0.2) is 8.42 Å². The van der Waals surface area contributed by atoms with Crippen molar-refractivity contribution in [1.29, 1.82) is 0 Å². The molecule has 7 rings (SSSR count). The summed E-state index contributed by atoms with van der Waals surface area (Å²) in [6.45, 7) is 4.83. The summed E-state index contributed by atoms with van der Waals surface area (Å²) in [7, 11) is -3.93. The summed E-state index contributed by atoms with van der Waals surface area (Å²) in [5.41, 5.74) is 5.81. The summed E-state index contributed by atoms with van der Waals surface area (Å²) in [4.78, 5) is 14.2. The standard InChI is InChI=1S/C30H40F3N3O4S/c1-27(2)25(22-5-3-20(4-6-22)21-7-10-36(11-8-21)12-9-30(31,32)33)41(38,39)35-24(40-27)17-28-14-19-13-23(28)16-29(15-19,18-28)26(34)37/h3-6,19,21,23,25H,7-18H2,1-2H3,(H2,34,37)/t19?,23?,25-,28?,29?/m1/s1. The number of halogens is 3. The SMILES string of the molecule is CC1(C)OC(CC23CC4CC2CC(C(N)=O)(C4)C3)=NS(=O)(=O)[C@@H]1c1ccc(C2CCN(CCC(F)(F)F)CC2)cc1. The Labute approximate surface area is 240 Å². The van der Waals surface area contributed by atoms with Crippen LogP contribution in [0.5, 0.6) is 0 Å². The van der Waals surface area contributed by atoms with Gasteiger partial charge in [-0.1, -0.05) is 24.3 Å². The Morgan fingerprint density at radius 2 is 1.76 bits per heavy atom. The molecule has 2 N–H and O–H groups in total. The molecule has 11 heteroatoms. The lowest BCUT2D eigenvalue weighted by Crippen LogP contribution is -2.45. The smallest absolute Gasteiger partial charge is 0.390 e. The maximum Gasteiger partial charge on any atom is 0.390 e. The Balaban J connectivity index is 1.15. The van der Waals surface area contributed by atoms with Gasteiger partial charge in [0.2, 0.25) is 11.8 Å². The molecule has 4 unspecified atom stereocenters. The Morgan fingerprint density at radius 1 is 1.10 bits per heavy atom. The van der Waals surface area contributed by atoms with Crippen LogP contribution in [0.2, 0.25) is 0 Å². The zero-order valence-corrected chi connectivity index (χ0v) is 24.6. The number of carbonyl (C=O) groups excluding carboxylic acids is 1. The van der Waals surface area contributed by atoms with E-state index in [4.69, 9.17) is 10.5 Å². The second-order valence-corrected chi connectivity index (χ2v) is 15.7. The van der Waals surface area contributed by atoms with E-state index in [0.29, 0.717) is 43.3 Å². The molecule has 1 aromatic carbocycles. The lowest BCUT2D eigenvalue weighted by molar-refractivity contribution is -0.138. The van der Waals surface area contributed by atoms with Gasteiger partial charge in [-0.3, -0.25) is 4.79 Å². The van der Waals surface area contributed by atoms with E-state index in [0.717, 1.165) is 44.1 Å². The van der Waals surface area contributed by atoms with E-state index in [1.54, 1.807) is 13.8 Å². The van der Waals surface area contributed by atoms with Crippen LogP contribution in [0.25, 0.3) is 0 Å². The molecule has 2 heterocycles. The van der Waals surface area contributed by atoms with Crippen molar-refractivity contribution < 1.29 is 31.1 Å². The van der Waals surface area contributed by atoms with Crippen LogP contribution >= 0.6 is 0 Å². The lowest BCUT2D eigenvalue weighted by atomic mass is 9.66. The topological polar surface area (TPSA) is 102 Å². The van der Waals surface area contributed by atoms with Gasteiger partial charge in [0.15, 0.2) is 0 Å². The predicted molar refractivity (Wildman–Crippen MR) is 149 cm³/mol. The number of amides is 1. The largest absolute Gasteiger partial charge is 0.472 e. The van der Waals surface area contributed by atoms with Crippen molar-refractivity contribution >= 4 is 21.8 Å². The maximum atomic E-state index is 13.6. The van der Waals surface area contributed by atoms with E-state index >= 15 is 0 Å². The van der Waals surface area contributed by atoms with Gasteiger partial charge in [-0.05, 0) is 106 Å². The van der Waals surface area contributed by atoms with Crippen LogP contribution in [0.1, 0.15) is 93.9 Å². The molecule has 5 fully saturated rings. The summed E-state index contributed by atoms with van der Waals surface area (Å²) < 4.78 is 75.6. The van der Waals surface area contributed by atoms with Gasteiger partial charge in [0.05, 0.1) is 11.8 Å². The first-order chi connectivity index (χ1) is 19.1. The van der Waals surface area contributed by atoms with Crippen molar-refractivity contribution in [3.05, 3.63) is 35.4 Å². The number of piperidine rings is 1. The van der Waals surface area contributed by atoms with Gasteiger partial charge >= 0.3 is 6.18 Å². The van der Waals surface area contributed by atoms with Gasteiger partial charge in [0.1, 0.15) is 10.9 Å². The minimum Gasteiger partial charge on any atom is -0.472 e. The summed E-state index contributed by atoms with van der Waals surface area (Å²) in [5, 5.41) is -0.970. The van der Waals surface area contributed by atoms with Crippen molar-refractivity contribution in [1.82, 2.24) is 4.90 Å². The molecular weight excluding hydrogens is 555 g/mol. The van der Waals surface area contributed by atoms with Gasteiger partial charge in [0, 0.05) is 13.0 Å². The van der Waals surface area contributed by atoms with E-state index in [1.165, 1.54) is 0 Å². The third-order valence-electron chi connectivity index (χ3n) is 10.8. The molecule has 0 radical (unpaired) electrons. The maximum absolute atomic E-state index is 13.6. The summed E-state index contributed by atoms with van der Waals surface area (Å²) in [6.07, 6.45) is 1.34. The van der Waals surface area contributed by atoms with Crippen molar-refractivity contribution in [3.8, 4) is 0 Å². The first kappa shape index (κ1) is 29.0. The highest BCUT2D eigenvalue weighted by Gasteiger charge is 2.66. The molecule has 7 nitrogen and oxygen atoms in total. The van der Waals surface area contributed by atoms with Crippen LogP contribution < -0.4 is 5.73 Å². The van der Waals surface area contributed by atoms with Crippen LogP contribution in [-0.2, 0) is 19.6 Å². The molecule has 4 saturated carbocycles. The number of benzene rings is 1. The van der Waals surface area contributed by atoms with E-state index in [1.807, 2.05) is 29.2 Å². The molecule has 2 aliphatic heterocycles. The van der Waals surface area contributed by atoms with Crippen LogP contribution in [0.4, 0.5) is 13.2 Å². The number of primary amides is 1. The molecule has 226 valence electrons. The van der Waals surface area contributed by atoms with E-state index in [-0.39, 0.29) is 29.7 Å². The van der Waals surface area contributed by atoms with Crippen molar-refractivity contribution in [2.75, 3.05) is 19.6 Å². The highest BCUT2D eigenvalue weighted by molar-refractivity contribution is 7.90. The van der Waals surface area contributed by atoms with E-state index < -0.39 is 38.9 Å². The number of nitrogens with two attached hydrogens (primary N) is 1. The highest BCUT2D eigenvalue weighted by atomic mass is 32.2. The molecule has 1 amide bonds. The zero-order chi connectivity index (χ0) is 29.4. The summed E-state index contributed by atoms with van der Waals surface area (Å²) >= 11 is 0. The number of alkyl halides is 3. The molecule has 4 aliphatic carbocycles.